The molecule has 0 amide bonds. The summed E-state index contributed by atoms with van der Waals surface area (Å²) in [4.78, 5) is 46.2. The Labute approximate surface area is 259 Å². The summed E-state index contributed by atoms with van der Waals surface area (Å²) in [6, 6.07) is 0. The van der Waals surface area contributed by atoms with Crippen molar-refractivity contribution in [3.05, 3.63) is 25.3 Å². The molecule has 2 fully saturated rings. The third kappa shape index (κ3) is 6.09. The molecule has 6 heterocycles. The van der Waals surface area contributed by atoms with Crippen LogP contribution in [0.25, 0.3) is 22.3 Å². The van der Waals surface area contributed by atoms with Gasteiger partial charge in [-0.05, 0) is 20.5 Å². The van der Waals surface area contributed by atoms with Gasteiger partial charge in [-0.25, -0.2) is 38.7 Å². The molecule has 2 aliphatic rings. The molecule has 0 aromatic carbocycles. The summed E-state index contributed by atoms with van der Waals surface area (Å²) in [6.07, 6.45) is -7.21. The number of fused-ring (bicyclic) bond motifs is 2. The van der Waals surface area contributed by atoms with Gasteiger partial charge in [0.15, 0.2) is 53.8 Å². The first kappa shape index (κ1) is 31.9. The Balaban J connectivity index is 1.18. The molecule has 0 aliphatic carbocycles. The van der Waals surface area contributed by atoms with Gasteiger partial charge >= 0.3 is 6.72 Å². The van der Waals surface area contributed by atoms with Gasteiger partial charge < -0.3 is 39.6 Å². The maximum Gasteiger partial charge on any atom is 0.325 e. The number of carbonyl (C=O) groups is 1. The fraction of sp³-hybridized carbons (Fsp3) is 0.476. The van der Waals surface area contributed by atoms with Gasteiger partial charge in [0, 0.05) is 0 Å². The molecular weight excluding hydrogens is 663 g/mol. The molecule has 18 nitrogen and oxygen atoms in total. The zero-order chi connectivity index (χ0) is 31.9. The molecule has 2 unspecified atom stereocenters. The lowest BCUT2D eigenvalue weighted by Gasteiger charge is -2.26. The number of aromatic nitrogens is 8. The summed E-state index contributed by atoms with van der Waals surface area (Å²) in [5.74, 6) is 0.134. The summed E-state index contributed by atoms with van der Waals surface area (Å²) < 4.78 is 66.9. The minimum atomic E-state index is -4.30. The van der Waals surface area contributed by atoms with Crippen molar-refractivity contribution in [2.24, 2.45) is 0 Å². The van der Waals surface area contributed by atoms with Crippen molar-refractivity contribution in [2.45, 2.75) is 49.2 Å². The molecule has 4 aromatic heterocycles. The van der Waals surface area contributed by atoms with Gasteiger partial charge in [-0.3, -0.25) is 18.5 Å². The number of carbonyl (C=O) groups excluding carboxylic acids is 1. The number of alkyl halides is 2. The summed E-state index contributed by atoms with van der Waals surface area (Å²) in [5, 5.41) is 0. The van der Waals surface area contributed by atoms with Crippen LogP contribution >= 0.6 is 15.4 Å². The number of anilines is 2. The van der Waals surface area contributed by atoms with Crippen molar-refractivity contribution < 1.29 is 46.3 Å². The number of hydrogen-bond acceptors (Lipinski definition) is 16. The van der Waals surface area contributed by atoms with Gasteiger partial charge in [0.05, 0.1) is 25.9 Å². The van der Waals surface area contributed by atoms with Gasteiger partial charge in [0.2, 0.25) is 0 Å². The Kier molecular flexibility index (Phi) is 9.20. The van der Waals surface area contributed by atoms with E-state index in [4.69, 9.17) is 58.6 Å². The molecule has 2 saturated heterocycles. The van der Waals surface area contributed by atoms with Gasteiger partial charge in [-0.15, -0.1) is 0 Å². The average molecular weight is 686 g/mol. The summed E-state index contributed by atoms with van der Waals surface area (Å²) in [7, 11) is 5.01. The molecular formula is C21H23BF2N10O8P2S. The highest BCUT2D eigenvalue weighted by Crippen LogP contribution is 2.50. The zero-order valence-electron chi connectivity index (χ0n) is 22.6. The smallest absolute Gasteiger partial charge is 0.325 e. The van der Waals surface area contributed by atoms with Crippen LogP contribution in [0, 0.1) is 0 Å². The number of ether oxygens (including phenoxy) is 3. The predicted octanol–water partition coefficient (Wildman–Crippen LogP) is 0.155. The lowest BCUT2D eigenvalue weighted by Crippen LogP contribution is -2.35. The van der Waals surface area contributed by atoms with E-state index in [1.165, 1.54) is 28.1 Å². The second-order valence-electron chi connectivity index (χ2n) is 9.65. The maximum absolute atomic E-state index is 16.0. The van der Waals surface area contributed by atoms with E-state index in [0.717, 1.165) is 6.33 Å². The normalized spacial score (nSPS) is 30.0. The molecule has 0 spiro atoms. The number of halogens is 2. The van der Waals surface area contributed by atoms with Crippen molar-refractivity contribution in [1.82, 2.24) is 39.0 Å². The molecule has 5 N–H and O–H groups in total. The quantitative estimate of drug-likeness (QED) is 0.102. The highest BCUT2D eigenvalue weighted by atomic mass is 32.5. The summed E-state index contributed by atoms with van der Waals surface area (Å²) in [5.41, 5.74) is 12.4. The molecule has 4 aromatic rings. The minimum Gasteiger partial charge on any atom is -0.458 e. The van der Waals surface area contributed by atoms with Crippen LogP contribution in [0.15, 0.2) is 25.3 Å². The number of hydrogen-bond donors (Lipinski definition) is 3. The van der Waals surface area contributed by atoms with Crippen LogP contribution < -0.4 is 11.5 Å². The number of rotatable bonds is 12. The molecule has 10 atom stereocenters. The standard InChI is InChI=1S/C21H23BF2N10O8P2S/c22-43-38-1-8-15(11(24)21(40-8)34-6-32-13-17(26)28-4-30-19(13)34)42-44(36,45)39-2-9-14(37-7-35)10(23)20(41-9)33-5-31-12-16(25)27-3-29-18(12)33/h3-11,14-15,20-21,43H,1-2H2,(H,36,45)(H2,25,27,29)(H2,26,28,30)/t8-,9-,10-,11-,14-,15-,20-,21-,44?/m1/s1. The Hall–Kier alpha value is -3.07. The SMILES string of the molecule is [B]POC[C@H]1O[C@@H](n2cnc3c(N)ncnc32)[C@H](F)[C@@H]1OP(O)(=S)OC[C@H]1O[C@@H](n2cnc3c(N)ncnc32)[C@H](F)[C@@H]1OC=O. The van der Waals surface area contributed by atoms with Gasteiger partial charge in [0.25, 0.3) is 6.47 Å². The first-order valence-corrected chi connectivity index (χ1v) is 16.5. The van der Waals surface area contributed by atoms with Crippen LogP contribution in [0.4, 0.5) is 20.4 Å². The third-order valence-corrected chi connectivity index (χ3v) is 8.95. The van der Waals surface area contributed by atoms with Crippen LogP contribution in [-0.4, -0.2) is 108 Å². The fourth-order valence-corrected chi connectivity index (χ4v) is 6.75. The van der Waals surface area contributed by atoms with E-state index in [9.17, 15) is 9.69 Å². The van der Waals surface area contributed by atoms with Gasteiger partial charge in [0.1, 0.15) is 49.6 Å². The first-order chi connectivity index (χ1) is 21.6. The van der Waals surface area contributed by atoms with Gasteiger partial charge in [-0.2, -0.15) is 0 Å². The predicted molar refractivity (Wildman–Crippen MR) is 155 cm³/mol. The van der Waals surface area contributed by atoms with Crippen LogP contribution in [0.5, 0.6) is 0 Å². The zero-order valence-corrected chi connectivity index (χ0v) is 25.4. The molecule has 6 rings (SSSR count). The second kappa shape index (κ2) is 13.0. The van der Waals surface area contributed by atoms with E-state index in [2.05, 4.69) is 29.9 Å². The van der Waals surface area contributed by atoms with Crippen LogP contribution in [-0.2, 0) is 44.4 Å². The van der Waals surface area contributed by atoms with Crippen LogP contribution in [0.2, 0.25) is 0 Å². The van der Waals surface area contributed by atoms with E-state index in [1.54, 1.807) is 0 Å². The second-order valence-corrected chi connectivity index (χ2v) is 13.0. The summed E-state index contributed by atoms with van der Waals surface area (Å²) >= 11 is 5.16. The molecule has 0 bridgehead atoms. The Morgan fingerprint density at radius 1 is 0.956 bits per heavy atom. The minimum absolute atomic E-state index is 0.0401. The fourth-order valence-electron chi connectivity index (χ4n) is 5.05. The Bertz CT molecular complexity index is 1750. The number of imidazole rings is 2. The molecule has 0 saturated carbocycles. The van der Waals surface area contributed by atoms with Crippen molar-refractivity contribution in [3.8, 4) is 0 Å². The first-order valence-electron chi connectivity index (χ1n) is 12.9. The Morgan fingerprint density at radius 2 is 1.49 bits per heavy atom. The van der Waals surface area contributed by atoms with E-state index in [0.29, 0.717) is 0 Å². The average Bonchev–Trinajstić information content (AvgIpc) is 3.77. The highest BCUT2D eigenvalue weighted by Gasteiger charge is 2.51. The van der Waals surface area contributed by atoms with Crippen molar-refractivity contribution in [2.75, 3.05) is 24.7 Å². The topological polar surface area (TPSA) is 232 Å². The van der Waals surface area contributed by atoms with E-state index >= 15 is 8.78 Å². The number of nitrogens with two attached hydrogens (primary N) is 2. The summed E-state index contributed by atoms with van der Waals surface area (Å²) in [6.45, 7) is -5.10. The largest absolute Gasteiger partial charge is 0.458 e. The highest BCUT2D eigenvalue weighted by molar-refractivity contribution is 8.07. The van der Waals surface area contributed by atoms with Crippen LogP contribution in [0.3, 0.4) is 0 Å². The molecule has 45 heavy (non-hydrogen) atoms. The van der Waals surface area contributed by atoms with Gasteiger partial charge in [-0.1, -0.05) is 0 Å². The number of nitrogens with zero attached hydrogens (tertiary/aromatic N) is 8. The van der Waals surface area contributed by atoms with Crippen LogP contribution in [0.1, 0.15) is 12.5 Å². The van der Waals surface area contributed by atoms with Crippen molar-refractivity contribution >= 4 is 75.2 Å². The monoisotopic (exact) mass is 686 g/mol. The maximum atomic E-state index is 16.0. The molecule has 24 heteroatoms. The molecule has 238 valence electrons. The van der Waals surface area contributed by atoms with Crippen molar-refractivity contribution in [1.29, 1.82) is 0 Å². The van der Waals surface area contributed by atoms with E-state index < -0.39 is 71.2 Å². The van der Waals surface area contributed by atoms with Crippen molar-refractivity contribution in [3.63, 3.8) is 0 Å². The molecule has 2 radical (unpaired) electrons. The number of nitrogen functional groups attached to an aromatic ring is 2. The lowest BCUT2D eigenvalue weighted by molar-refractivity contribution is -0.139. The Morgan fingerprint density at radius 3 is 2.02 bits per heavy atom. The molecule has 2 aliphatic heterocycles. The van der Waals surface area contributed by atoms with E-state index in [-0.39, 0.29) is 47.0 Å². The third-order valence-electron chi connectivity index (χ3n) is 7.06. The van der Waals surface area contributed by atoms with E-state index in [1.807, 2.05) is 0 Å². The lowest BCUT2D eigenvalue weighted by atomic mass is 10.1.